The van der Waals surface area contributed by atoms with Gasteiger partial charge in [-0.3, -0.25) is 0 Å². The van der Waals surface area contributed by atoms with Gasteiger partial charge < -0.3 is 25.1 Å². The van der Waals surface area contributed by atoms with Crippen LogP contribution < -0.4 is 10.2 Å². The Morgan fingerprint density at radius 3 is 2.23 bits per heavy atom. The van der Waals surface area contributed by atoms with Crippen LogP contribution in [0.3, 0.4) is 0 Å². The van der Waals surface area contributed by atoms with Gasteiger partial charge in [0, 0.05) is 49.6 Å². The minimum atomic E-state index is -0.903. The second-order valence-corrected chi connectivity index (χ2v) is 8.68. The van der Waals surface area contributed by atoms with Crippen molar-refractivity contribution in [1.82, 2.24) is 9.80 Å². The van der Waals surface area contributed by atoms with Crippen LogP contribution in [0.15, 0.2) is 48.5 Å². The Hall–Kier alpha value is -2.93. The van der Waals surface area contributed by atoms with E-state index in [1.807, 2.05) is 41.3 Å². The summed E-state index contributed by atoms with van der Waals surface area (Å²) >= 11 is 5.97. The van der Waals surface area contributed by atoms with Crippen LogP contribution in [0.25, 0.3) is 0 Å². The normalized spacial score (nSPS) is 17.2. The van der Waals surface area contributed by atoms with Crippen LogP contribution in [0, 0.1) is 0 Å². The number of amides is 3. The second kappa shape index (κ2) is 9.06. The van der Waals surface area contributed by atoms with Crippen molar-refractivity contribution in [2.45, 2.75) is 24.8 Å². The van der Waals surface area contributed by atoms with Crippen molar-refractivity contribution in [3.8, 4) is 0 Å². The number of carboxylic acid groups (broad SMARTS) is 1. The summed E-state index contributed by atoms with van der Waals surface area (Å²) in [6, 6.07) is 15.6. The highest BCUT2D eigenvalue weighted by molar-refractivity contribution is 6.30. The van der Waals surface area contributed by atoms with Gasteiger partial charge in [0.2, 0.25) is 0 Å². The fraction of sp³-hybridized carbons (Fsp3) is 0.391. The number of nitrogens with zero attached hydrogens (tertiary/aromatic N) is 3. The number of likely N-dealkylation sites (tertiary alicyclic amines) is 1. The van der Waals surface area contributed by atoms with Gasteiger partial charge in [-0.25, -0.2) is 9.59 Å². The zero-order valence-corrected chi connectivity index (χ0v) is 18.3. The van der Waals surface area contributed by atoms with Crippen LogP contribution in [0.1, 0.15) is 24.3 Å². The molecule has 0 bridgehead atoms. The van der Waals surface area contributed by atoms with Gasteiger partial charge in [-0.2, -0.15) is 0 Å². The molecule has 2 fully saturated rings. The number of piperidine rings is 1. The van der Waals surface area contributed by atoms with E-state index in [4.69, 9.17) is 16.7 Å². The van der Waals surface area contributed by atoms with Gasteiger partial charge in [0.05, 0.1) is 6.04 Å². The Kier molecular flexibility index (Phi) is 6.23. The first kappa shape index (κ1) is 21.3. The molecule has 2 aromatic carbocycles. The van der Waals surface area contributed by atoms with E-state index in [2.05, 4.69) is 22.3 Å². The highest BCUT2D eigenvalue weighted by Gasteiger charge is 2.32. The van der Waals surface area contributed by atoms with Crippen LogP contribution in [-0.4, -0.2) is 66.3 Å². The van der Waals surface area contributed by atoms with Gasteiger partial charge in [-0.15, -0.1) is 0 Å². The van der Waals surface area contributed by atoms with Crippen molar-refractivity contribution >= 4 is 35.1 Å². The Morgan fingerprint density at radius 2 is 1.65 bits per heavy atom. The van der Waals surface area contributed by atoms with Crippen LogP contribution in [0.4, 0.5) is 21.0 Å². The molecule has 0 atom stereocenters. The molecule has 31 heavy (non-hydrogen) atoms. The number of carbonyl (C=O) groups excluding carboxylic acids is 1. The van der Waals surface area contributed by atoms with E-state index < -0.39 is 6.09 Å². The average Bonchev–Trinajstić information content (AvgIpc) is 2.74. The minimum absolute atomic E-state index is 0.0210. The molecule has 2 saturated heterocycles. The standard InChI is InChI=1S/C23H27ClN4O3/c1-26(23(30)31)21-14-28(15-21)20-8-6-19(7-9-20)25-22(29)27-12-10-17(11-13-27)16-2-4-18(24)5-3-16/h2-9,17,21H,10-15H2,1H3,(H,25,29)(H,30,31). The van der Waals surface area contributed by atoms with Crippen molar-refractivity contribution < 1.29 is 14.7 Å². The molecule has 0 aromatic heterocycles. The van der Waals surface area contributed by atoms with Gasteiger partial charge >= 0.3 is 12.1 Å². The predicted molar refractivity (Wildman–Crippen MR) is 122 cm³/mol. The lowest BCUT2D eigenvalue weighted by atomic mass is 9.89. The van der Waals surface area contributed by atoms with Gasteiger partial charge in [0.25, 0.3) is 0 Å². The smallest absolute Gasteiger partial charge is 0.407 e. The maximum Gasteiger partial charge on any atom is 0.407 e. The molecule has 0 spiro atoms. The first-order valence-corrected chi connectivity index (χ1v) is 10.9. The summed E-state index contributed by atoms with van der Waals surface area (Å²) in [5.41, 5.74) is 3.06. The lowest BCUT2D eigenvalue weighted by Crippen LogP contribution is -2.59. The monoisotopic (exact) mass is 442 g/mol. The van der Waals surface area contributed by atoms with Crippen LogP contribution >= 0.6 is 11.6 Å². The third-order valence-electron chi connectivity index (χ3n) is 6.32. The molecular weight excluding hydrogens is 416 g/mol. The molecule has 2 heterocycles. The molecule has 7 nitrogen and oxygen atoms in total. The molecule has 2 aliphatic rings. The minimum Gasteiger partial charge on any atom is -0.465 e. The number of anilines is 2. The van der Waals surface area contributed by atoms with E-state index in [1.54, 1.807) is 7.05 Å². The molecule has 0 aliphatic carbocycles. The summed E-state index contributed by atoms with van der Waals surface area (Å²) in [5, 5.41) is 12.8. The third-order valence-corrected chi connectivity index (χ3v) is 6.57. The Bertz CT molecular complexity index is 921. The van der Waals surface area contributed by atoms with Gasteiger partial charge in [-0.1, -0.05) is 23.7 Å². The number of likely N-dealkylation sites (N-methyl/N-ethyl adjacent to an activating group) is 1. The zero-order chi connectivity index (χ0) is 22.0. The van der Waals surface area contributed by atoms with Crippen molar-refractivity contribution in [2.75, 3.05) is 43.4 Å². The Morgan fingerprint density at radius 1 is 1.03 bits per heavy atom. The molecule has 0 radical (unpaired) electrons. The van der Waals surface area contributed by atoms with Crippen LogP contribution in [0.5, 0.6) is 0 Å². The molecule has 164 valence electrons. The zero-order valence-electron chi connectivity index (χ0n) is 17.5. The molecular formula is C23H27ClN4O3. The summed E-state index contributed by atoms with van der Waals surface area (Å²) in [7, 11) is 1.60. The quantitative estimate of drug-likeness (QED) is 0.728. The lowest BCUT2D eigenvalue weighted by Gasteiger charge is -2.44. The fourth-order valence-electron chi connectivity index (χ4n) is 4.18. The van der Waals surface area contributed by atoms with Gasteiger partial charge in [0.1, 0.15) is 0 Å². The van der Waals surface area contributed by atoms with Crippen molar-refractivity contribution in [1.29, 1.82) is 0 Å². The molecule has 2 aliphatic heterocycles. The van der Waals surface area contributed by atoms with E-state index in [-0.39, 0.29) is 12.1 Å². The SMILES string of the molecule is CN(C(=O)O)C1CN(c2ccc(NC(=O)N3CCC(c4ccc(Cl)cc4)CC3)cc2)C1. The first-order chi connectivity index (χ1) is 14.9. The molecule has 3 amide bonds. The van der Waals surface area contributed by atoms with E-state index in [9.17, 15) is 9.59 Å². The van der Waals surface area contributed by atoms with Crippen molar-refractivity contribution in [2.24, 2.45) is 0 Å². The summed E-state index contributed by atoms with van der Waals surface area (Å²) in [6.07, 6.45) is 0.976. The van der Waals surface area contributed by atoms with Crippen molar-refractivity contribution in [3.05, 3.63) is 59.1 Å². The summed E-state index contributed by atoms with van der Waals surface area (Å²) in [6.45, 7) is 2.81. The van der Waals surface area contributed by atoms with E-state index in [0.29, 0.717) is 19.0 Å². The molecule has 2 N–H and O–H groups in total. The Balaban J connectivity index is 1.25. The topological polar surface area (TPSA) is 76.1 Å². The summed E-state index contributed by atoms with van der Waals surface area (Å²) < 4.78 is 0. The van der Waals surface area contributed by atoms with Crippen molar-refractivity contribution in [3.63, 3.8) is 0 Å². The lowest BCUT2D eigenvalue weighted by molar-refractivity contribution is 0.130. The number of urea groups is 1. The average molecular weight is 443 g/mol. The number of hydrogen-bond acceptors (Lipinski definition) is 3. The molecule has 8 heteroatoms. The number of nitrogens with one attached hydrogen (secondary N) is 1. The number of benzene rings is 2. The Labute approximate surface area is 187 Å². The maximum atomic E-state index is 12.6. The summed E-state index contributed by atoms with van der Waals surface area (Å²) in [4.78, 5) is 29.0. The van der Waals surface area contributed by atoms with E-state index in [1.165, 1.54) is 10.5 Å². The predicted octanol–water partition coefficient (Wildman–Crippen LogP) is 4.55. The van der Waals surface area contributed by atoms with Crippen LogP contribution in [0.2, 0.25) is 5.02 Å². The molecule has 0 unspecified atom stereocenters. The maximum absolute atomic E-state index is 12.6. The van der Waals surface area contributed by atoms with Gasteiger partial charge in [0.15, 0.2) is 0 Å². The van der Waals surface area contributed by atoms with Gasteiger partial charge in [-0.05, 0) is 60.7 Å². The van der Waals surface area contributed by atoms with E-state index >= 15 is 0 Å². The molecule has 0 saturated carbocycles. The highest BCUT2D eigenvalue weighted by Crippen LogP contribution is 2.29. The fourth-order valence-corrected chi connectivity index (χ4v) is 4.30. The number of hydrogen-bond donors (Lipinski definition) is 2. The second-order valence-electron chi connectivity index (χ2n) is 8.24. The number of carbonyl (C=O) groups is 2. The number of rotatable bonds is 4. The number of halogens is 1. The molecule has 2 aromatic rings. The summed E-state index contributed by atoms with van der Waals surface area (Å²) in [5.74, 6) is 0.459. The molecule has 4 rings (SSSR count). The first-order valence-electron chi connectivity index (χ1n) is 10.5. The van der Waals surface area contributed by atoms with Crippen LogP contribution in [-0.2, 0) is 0 Å². The largest absolute Gasteiger partial charge is 0.465 e. The van der Waals surface area contributed by atoms with E-state index in [0.717, 1.165) is 42.3 Å². The highest BCUT2D eigenvalue weighted by atomic mass is 35.5. The third kappa shape index (κ3) is 4.88.